The summed E-state index contributed by atoms with van der Waals surface area (Å²) in [5, 5.41) is 0. The summed E-state index contributed by atoms with van der Waals surface area (Å²) in [6.07, 6.45) is 1.71. The second kappa shape index (κ2) is 6.40. The number of ketones is 1. The second-order valence-corrected chi connectivity index (χ2v) is 4.55. The van der Waals surface area contributed by atoms with Crippen molar-refractivity contribution in [3.05, 3.63) is 29.3 Å². The maximum Gasteiger partial charge on any atom is 0.137 e. The highest BCUT2D eigenvalue weighted by atomic mass is 16.5. The minimum Gasteiger partial charge on any atom is -0.496 e. The molecule has 17 heavy (non-hydrogen) atoms. The van der Waals surface area contributed by atoms with Crippen LogP contribution >= 0.6 is 0 Å². The van der Waals surface area contributed by atoms with Crippen molar-refractivity contribution in [2.75, 3.05) is 7.11 Å². The number of Topliss-reactive ketones (excluding diaryl/α,β-unsaturated/α-hetero) is 1. The van der Waals surface area contributed by atoms with Crippen molar-refractivity contribution >= 4 is 5.78 Å². The van der Waals surface area contributed by atoms with Gasteiger partial charge >= 0.3 is 0 Å². The normalized spacial score (nSPS) is 12.2. The van der Waals surface area contributed by atoms with Crippen LogP contribution in [0.1, 0.15) is 30.9 Å². The van der Waals surface area contributed by atoms with Crippen molar-refractivity contribution in [2.45, 2.75) is 39.2 Å². The number of methoxy groups -OCH3 is 1. The summed E-state index contributed by atoms with van der Waals surface area (Å²) in [7, 11) is 1.63. The number of ether oxygens (including phenoxy) is 1. The van der Waals surface area contributed by atoms with E-state index in [9.17, 15) is 4.79 Å². The van der Waals surface area contributed by atoms with E-state index in [1.807, 2.05) is 32.0 Å². The topological polar surface area (TPSA) is 52.3 Å². The predicted molar refractivity (Wildman–Crippen MR) is 69.3 cm³/mol. The molecular weight excluding hydrogens is 214 g/mol. The Hall–Kier alpha value is -1.35. The lowest BCUT2D eigenvalue weighted by atomic mass is 10.0. The number of hydrogen-bond donors (Lipinski definition) is 1. The molecule has 0 aliphatic heterocycles. The molecule has 0 radical (unpaired) electrons. The molecule has 94 valence electrons. The van der Waals surface area contributed by atoms with Gasteiger partial charge in [0.25, 0.3) is 0 Å². The zero-order valence-corrected chi connectivity index (χ0v) is 10.8. The Labute approximate surface area is 103 Å². The van der Waals surface area contributed by atoms with Crippen molar-refractivity contribution < 1.29 is 9.53 Å². The molecule has 0 aliphatic rings. The van der Waals surface area contributed by atoms with E-state index >= 15 is 0 Å². The molecule has 0 amide bonds. The van der Waals surface area contributed by atoms with Crippen molar-refractivity contribution in [3.63, 3.8) is 0 Å². The standard InChI is InChI=1S/C14H21NO2/c1-10-4-7-14(17-3)12(8-10)9-13(16)6-5-11(2)15/h4,7-8,11H,5-6,9,15H2,1-3H3. The zero-order valence-electron chi connectivity index (χ0n) is 10.8. The van der Waals surface area contributed by atoms with Gasteiger partial charge in [-0.3, -0.25) is 4.79 Å². The molecule has 1 atom stereocenters. The molecule has 0 aromatic heterocycles. The Morgan fingerprint density at radius 1 is 1.47 bits per heavy atom. The molecule has 1 aromatic rings. The molecule has 2 N–H and O–H groups in total. The van der Waals surface area contributed by atoms with Gasteiger partial charge in [-0.05, 0) is 26.3 Å². The van der Waals surface area contributed by atoms with Gasteiger partial charge in [-0.15, -0.1) is 0 Å². The number of carbonyl (C=O) groups excluding carboxylic acids is 1. The first kappa shape index (κ1) is 13.7. The number of carbonyl (C=O) groups is 1. The lowest BCUT2D eigenvalue weighted by Gasteiger charge is -2.09. The first-order chi connectivity index (χ1) is 8.02. The lowest BCUT2D eigenvalue weighted by molar-refractivity contribution is -0.118. The first-order valence-corrected chi connectivity index (χ1v) is 5.93. The second-order valence-electron chi connectivity index (χ2n) is 4.55. The van der Waals surface area contributed by atoms with Crippen molar-refractivity contribution in [1.29, 1.82) is 0 Å². The van der Waals surface area contributed by atoms with Crippen molar-refractivity contribution in [3.8, 4) is 5.75 Å². The van der Waals surface area contributed by atoms with E-state index in [0.29, 0.717) is 12.8 Å². The third-order valence-electron chi connectivity index (χ3n) is 2.70. The van der Waals surface area contributed by atoms with Gasteiger partial charge < -0.3 is 10.5 Å². The van der Waals surface area contributed by atoms with E-state index < -0.39 is 0 Å². The fourth-order valence-corrected chi connectivity index (χ4v) is 1.73. The van der Waals surface area contributed by atoms with Gasteiger partial charge in [0.2, 0.25) is 0 Å². The fraction of sp³-hybridized carbons (Fsp3) is 0.500. The molecule has 1 aromatic carbocycles. The number of aryl methyl sites for hydroxylation is 1. The van der Waals surface area contributed by atoms with E-state index in [1.165, 1.54) is 0 Å². The van der Waals surface area contributed by atoms with Crippen LogP contribution < -0.4 is 10.5 Å². The Balaban J connectivity index is 2.66. The van der Waals surface area contributed by atoms with Crippen LogP contribution in [0.2, 0.25) is 0 Å². The molecular formula is C14H21NO2. The Morgan fingerprint density at radius 3 is 2.76 bits per heavy atom. The maximum absolute atomic E-state index is 11.8. The Bertz CT molecular complexity index is 386. The summed E-state index contributed by atoms with van der Waals surface area (Å²) < 4.78 is 5.25. The Morgan fingerprint density at radius 2 is 2.18 bits per heavy atom. The summed E-state index contributed by atoms with van der Waals surface area (Å²) in [6.45, 7) is 3.93. The minimum absolute atomic E-state index is 0.0818. The van der Waals surface area contributed by atoms with Gasteiger partial charge in [-0.2, -0.15) is 0 Å². The zero-order chi connectivity index (χ0) is 12.8. The van der Waals surface area contributed by atoms with E-state index in [2.05, 4.69) is 0 Å². The monoisotopic (exact) mass is 235 g/mol. The van der Waals surface area contributed by atoms with Crippen LogP contribution in [0.5, 0.6) is 5.75 Å². The number of rotatable bonds is 6. The molecule has 3 heteroatoms. The molecule has 0 heterocycles. The Kier molecular flexibility index (Phi) is 5.16. The minimum atomic E-state index is 0.0818. The summed E-state index contributed by atoms with van der Waals surface area (Å²) in [6, 6.07) is 5.97. The van der Waals surface area contributed by atoms with Crippen LogP contribution in [-0.4, -0.2) is 18.9 Å². The molecule has 0 saturated heterocycles. The van der Waals surface area contributed by atoms with Crippen molar-refractivity contribution in [2.24, 2.45) is 5.73 Å². The molecule has 0 bridgehead atoms. The van der Waals surface area contributed by atoms with Crippen LogP contribution in [0, 0.1) is 6.92 Å². The van der Waals surface area contributed by atoms with Crippen LogP contribution in [0.4, 0.5) is 0 Å². The van der Waals surface area contributed by atoms with E-state index in [4.69, 9.17) is 10.5 Å². The average Bonchev–Trinajstić information content (AvgIpc) is 2.27. The van der Waals surface area contributed by atoms with Gasteiger partial charge in [0.15, 0.2) is 0 Å². The number of benzene rings is 1. The van der Waals surface area contributed by atoms with E-state index in [1.54, 1.807) is 7.11 Å². The van der Waals surface area contributed by atoms with Gasteiger partial charge in [-0.25, -0.2) is 0 Å². The van der Waals surface area contributed by atoms with Gasteiger partial charge in [0.1, 0.15) is 11.5 Å². The smallest absolute Gasteiger partial charge is 0.137 e. The molecule has 0 fully saturated rings. The van der Waals surface area contributed by atoms with Gasteiger partial charge in [0, 0.05) is 24.4 Å². The number of nitrogens with two attached hydrogens (primary N) is 1. The van der Waals surface area contributed by atoms with Crippen LogP contribution in [0.25, 0.3) is 0 Å². The van der Waals surface area contributed by atoms with Crippen LogP contribution in [0.15, 0.2) is 18.2 Å². The van der Waals surface area contributed by atoms with Crippen molar-refractivity contribution in [1.82, 2.24) is 0 Å². The quantitative estimate of drug-likeness (QED) is 0.822. The van der Waals surface area contributed by atoms with Gasteiger partial charge in [0.05, 0.1) is 7.11 Å². The molecule has 3 nitrogen and oxygen atoms in total. The maximum atomic E-state index is 11.8. The molecule has 1 rings (SSSR count). The van der Waals surface area contributed by atoms with E-state index in [0.717, 1.165) is 23.3 Å². The third-order valence-corrected chi connectivity index (χ3v) is 2.70. The summed E-state index contributed by atoms with van der Waals surface area (Å²) in [5.41, 5.74) is 7.74. The lowest BCUT2D eigenvalue weighted by Crippen LogP contribution is -2.17. The summed E-state index contributed by atoms with van der Waals surface area (Å²) >= 11 is 0. The summed E-state index contributed by atoms with van der Waals surface area (Å²) in [4.78, 5) is 11.8. The average molecular weight is 235 g/mol. The first-order valence-electron chi connectivity index (χ1n) is 5.93. The SMILES string of the molecule is COc1ccc(C)cc1CC(=O)CCC(C)N. The highest BCUT2D eigenvalue weighted by molar-refractivity contribution is 5.81. The highest BCUT2D eigenvalue weighted by Crippen LogP contribution is 2.20. The highest BCUT2D eigenvalue weighted by Gasteiger charge is 2.09. The molecule has 1 unspecified atom stereocenters. The largest absolute Gasteiger partial charge is 0.496 e. The predicted octanol–water partition coefficient (Wildman–Crippen LogP) is 2.24. The van der Waals surface area contributed by atoms with Crippen LogP contribution in [-0.2, 0) is 11.2 Å². The van der Waals surface area contributed by atoms with E-state index in [-0.39, 0.29) is 11.8 Å². The number of hydrogen-bond acceptors (Lipinski definition) is 3. The summed E-state index contributed by atoms with van der Waals surface area (Å²) in [5.74, 6) is 0.996. The molecule has 0 aliphatic carbocycles. The fourth-order valence-electron chi connectivity index (χ4n) is 1.73. The molecule has 0 saturated carbocycles. The van der Waals surface area contributed by atoms with Gasteiger partial charge in [-0.1, -0.05) is 17.7 Å². The molecule has 0 spiro atoms. The third kappa shape index (κ3) is 4.57. The van der Waals surface area contributed by atoms with Crippen LogP contribution in [0.3, 0.4) is 0 Å².